The molecule has 1 aliphatic heterocycles. The molecule has 0 spiro atoms. The van der Waals surface area contributed by atoms with E-state index >= 15 is 0 Å². The van der Waals surface area contributed by atoms with Gasteiger partial charge in [-0.1, -0.05) is 0 Å². The average molecular weight is 286 g/mol. The van der Waals surface area contributed by atoms with E-state index in [1.807, 2.05) is 6.92 Å². The van der Waals surface area contributed by atoms with Gasteiger partial charge in [0, 0.05) is 24.3 Å². The van der Waals surface area contributed by atoms with Crippen LogP contribution in [0, 0.1) is 0 Å². The molecule has 7 heteroatoms. The molecule has 19 heavy (non-hydrogen) atoms. The summed E-state index contributed by atoms with van der Waals surface area (Å²) < 4.78 is 37.1. The van der Waals surface area contributed by atoms with Crippen molar-refractivity contribution in [2.75, 3.05) is 32.6 Å². The van der Waals surface area contributed by atoms with E-state index in [0.717, 1.165) is 0 Å². The molecular weight excluding hydrogens is 268 g/mol. The van der Waals surface area contributed by atoms with Crippen LogP contribution in [0.5, 0.6) is 5.75 Å². The molecule has 0 radical (unpaired) electrons. The number of ether oxygens (including phenoxy) is 2. The lowest BCUT2D eigenvalue weighted by Gasteiger charge is -2.32. The molecule has 0 aliphatic carbocycles. The van der Waals surface area contributed by atoms with E-state index in [9.17, 15) is 8.42 Å². The standard InChI is InChI=1S/C12H18N2O4S/c1-9-8-18-6-5-14(9)19(15,16)12-4-3-10(13)7-11(12)17-2/h3-4,7,9H,5-6,8,13H2,1-2H3. The first kappa shape index (κ1) is 14.1. The Bertz CT molecular complexity index is 559. The maximum absolute atomic E-state index is 12.6. The second-order valence-electron chi connectivity index (χ2n) is 4.45. The molecule has 1 fully saturated rings. The Labute approximate surface area is 113 Å². The summed E-state index contributed by atoms with van der Waals surface area (Å²) in [5.41, 5.74) is 6.11. The Morgan fingerprint density at radius 2 is 2.21 bits per heavy atom. The Hall–Kier alpha value is -1.31. The predicted octanol–water partition coefficient (Wildman–Crippen LogP) is 0.687. The molecule has 1 aliphatic rings. The third-order valence-electron chi connectivity index (χ3n) is 3.08. The Kier molecular flexibility index (Phi) is 3.98. The van der Waals surface area contributed by atoms with Crippen molar-refractivity contribution in [2.24, 2.45) is 0 Å². The molecule has 1 aromatic rings. The van der Waals surface area contributed by atoms with Crippen LogP contribution in [0.15, 0.2) is 23.1 Å². The monoisotopic (exact) mass is 286 g/mol. The van der Waals surface area contributed by atoms with Crippen molar-refractivity contribution in [1.29, 1.82) is 0 Å². The van der Waals surface area contributed by atoms with Gasteiger partial charge in [0.15, 0.2) is 0 Å². The lowest BCUT2D eigenvalue weighted by Crippen LogP contribution is -2.47. The van der Waals surface area contributed by atoms with Gasteiger partial charge in [0.25, 0.3) is 0 Å². The summed E-state index contributed by atoms with van der Waals surface area (Å²) in [4.78, 5) is 0.137. The van der Waals surface area contributed by atoms with Crippen molar-refractivity contribution in [3.63, 3.8) is 0 Å². The Balaban J connectivity index is 2.44. The zero-order valence-electron chi connectivity index (χ0n) is 11.0. The van der Waals surface area contributed by atoms with Crippen LogP contribution in [-0.2, 0) is 14.8 Å². The quantitative estimate of drug-likeness (QED) is 0.827. The van der Waals surface area contributed by atoms with Gasteiger partial charge in [-0.25, -0.2) is 8.42 Å². The van der Waals surface area contributed by atoms with Gasteiger partial charge in [-0.05, 0) is 19.1 Å². The second-order valence-corrected chi connectivity index (χ2v) is 6.31. The molecule has 1 saturated heterocycles. The minimum absolute atomic E-state index is 0.137. The summed E-state index contributed by atoms with van der Waals surface area (Å²) in [6.45, 7) is 2.97. The van der Waals surface area contributed by atoms with E-state index in [1.165, 1.54) is 23.5 Å². The topological polar surface area (TPSA) is 81.9 Å². The van der Waals surface area contributed by atoms with Gasteiger partial charge in [-0.15, -0.1) is 0 Å². The van der Waals surface area contributed by atoms with Gasteiger partial charge >= 0.3 is 0 Å². The third-order valence-corrected chi connectivity index (χ3v) is 5.13. The zero-order chi connectivity index (χ0) is 14.0. The molecule has 0 amide bonds. The number of benzene rings is 1. The summed E-state index contributed by atoms with van der Waals surface area (Å²) >= 11 is 0. The first-order valence-corrected chi connectivity index (χ1v) is 7.44. The van der Waals surface area contributed by atoms with Gasteiger partial charge < -0.3 is 15.2 Å². The first-order valence-electron chi connectivity index (χ1n) is 6.00. The van der Waals surface area contributed by atoms with Crippen LogP contribution in [0.4, 0.5) is 5.69 Å². The summed E-state index contributed by atoms with van der Waals surface area (Å²) in [7, 11) is -2.17. The molecular formula is C12H18N2O4S. The number of hydrogen-bond donors (Lipinski definition) is 1. The van der Waals surface area contributed by atoms with E-state index < -0.39 is 10.0 Å². The van der Waals surface area contributed by atoms with Crippen molar-refractivity contribution in [1.82, 2.24) is 4.31 Å². The third kappa shape index (κ3) is 2.68. The van der Waals surface area contributed by atoms with Crippen LogP contribution in [0.3, 0.4) is 0 Å². The lowest BCUT2D eigenvalue weighted by atomic mass is 10.3. The van der Waals surface area contributed by atoms with Gasteiger partial charge in [0.1, 0.15) is 10.6 Å². The molecule has 0 aromatic heterocycles. The molecule has 0 bridgehead atoms. The van der Waals surface area contributed by atoms with Crippen LogP contribution in [0.2, 0.25) is 0 Å². The molecule has 6 nitrogen and oxygen atoms in total. The van der Waals surface area contributed by atoms with Crippen LogP contribution in [0.25, 0.3) is 0 Å². The van der Waals surface area contributed by atoms with Crippen LogP contribution < -0.4 is 10.5 Å². The van der Waals surface area contributed by atoms with E-state index in [1.54, 1.807) is 6.07 Å². The van der Waals surface area contributed by atoms with Crippen LogP contribution >= 0.6 is 0 Å². The highest BCUT2D eigenvalue weighted by Crippen LogP contribution is 2.30. The fourth-order valence-electron chi connectivity index (χ4n) is 2.09. The van der Waals surface area contributed by atoms with E-state index in [-0.39, 0.29) is 16.7 Å². The highest BCUT2D eigenvalue weighted by atomic mass is 32.2. The van der Waals surface area contributed by atoms with Crippen molar-refractivity contribution < 1.29 is 17.9 Å². The molecule has 0 saturated carbocycles. The maximum atomic E-state index is 12.6. The fourth-order valence-corrected chi connectivity index (χ4v) is 3.83. The molecule has 106 valence electrons. The number of nitrogens with two attached hydrogens (primary N) is 1. The fraction of sp³-hybridized carbons (Fsp3) is 0.500. The maximum Gasteiger partial charge on any atom is 0.247 e. The number of methoxy groups -OCH3 is 1. The first-order chi connectivity index (χ1) is 8.96. The molecule has 1 atom stereocenters. The Morgan fingerprint density at radius 3 is 2.84 bits per heavy atom. The molecule has 2 N–H and O–H groups in total. The van der Waals surface area contributed by atoms with Crippen molar-refractivity contribution in [2.45, 2.75) is 17.9 Å². The van der Waals surface area contributed by atoms with Gasteiger partial charge in [-0.2, -0.15) is 4.31 Å². The molecule has 1 aromatic carbocycles. The number of anilines is 1. The summed E-state index contributed by atoms with van der Waals surface area (Å²) in [6, 6.07) is 4.35. The number of nitrogens with zero attached hydrogens (tertiary/aromatic N) is 1. The van der Waals surface area contributed by atoms with E-state index in [0.29, 0.717) is 25.4 Å². The zero-order valence-corrected chi connectivity index (χ0v) is 11.8. The molecule has 2 rings (SSSR count). The normalized spacial score (nSPS) is 21.3. The second kappa shape index (κ2) is 5.36. The smallest absolute Gasteiger partial charge is 0.247 e. The summed E-state index contributed by atoms with van der Waals surface area (Å²) in [5.74, 6) is 0.263. The highest BCUT2D eigenvalue weighted by molar-refractivity contribution is 7.89. The number of hydrogen-bond acceptors (Lipinski definition) is 5. The van der Waals surface area contributed by atoms with Crippen molar-refractivity contribution in [3.8, 4) is 5.75 Å². The van der Waals surface area contributed by atoms with Crippen molar-refractivity contribution >= 4 is 15.7 Å². The predicted molar refractivity (Wildman–Crippen MR) is 71.6 cm³/mol. The number of sulfonamides is 1. The number of morpholine rings is 1. The Morgan fingerprint density at radius 1 is 1.47 bits per heavy atom. The molecule has 1 heterocycles. The van der Waals surface area contributed by atoms with Gasteiger partial charge in [0.2, 0.25) is 10.0 Å². The summed E-state index contributed by atoms with van der Waals surface area (Å²) in [5, 5.41) is 0. The number of nitrogen functional groups attached to an aromatic ring is 1. The highest BCUT2D eigenvalue weighted by Gasteiger charge is 2.33. The van der Waals surface area contributed by atoms with Gasteiger partial charge in [0.05, 0.1) is 20.3 Å². The largest absolute Gasteiger partial charge is 0.495 e. The molecule has 1 unspecified atom stereocenters. The minimum atomic E-state index is -3.60. The number of rotatable bonds is 3. The van der Waals surface area contributed by atoms with Crippen LogP contribution in [0.1, 0.15) is 6.92 Å². The van der Waals surface area contributed by atoms with Crippen LogP contribution in [-0.4, -0.2) is 45.6 Å². The SMILES string of the molecule is COc1cc(N)ccc1S(=O)(=O)N1CCOCC1C. The van der Waals surface area contributed by atoms with Crippen molar-refractivity contribution in [3.05, 3.63) is 18.2 Å². The average Bonchev–Trinajstić information content (AvgIpc) is 2.38. The lowest BCUT2D eigenvalue weighted by molar-refractivity contribution is 0.0392. The van der Waals surface area contributed by atoms with E-state index in [4.69, 9.17) is 15.2 Å². The minimum Gasteiger partial charge on any atom is -0.495 e. The summed E-state index contributed by atoms with van der Waals surface area (Å²) in [6.07, 6.45) is 0. The van der Waals surface area contributed by atoms with E-state index in [2.05, 4.69) is 0 Å². The van der Waals surface area contributed by atoms with Gasteiger partial charge in [-0.3, -0.25) is 0 Å².